The van der Waals surface area contributed by atoms with Crippen molar-refractivity contribution in [3.8, 4) is 5.75 Å². The first-order chi connectivity index (χ1) is 10.1. The molecule has 1 aliphatic rings. The third-order valence-electron chi connectivity index (χ3n) is 3.29. The largest absolute Gasteiger partial charge is 0.484 e. The molecule has 0 aromatic heterocycles. The van der Waals surface area contributed by atoms with Crippen molar-refractivity contribution in [2.75, 3.05) is 45.6 Å². The average molecular weight is 293 g/mol. The second-order valence-electron chi connectivity index (χ2n) is 4.70. The molecule has 7 heteroatoms. The maximum Gasteiger partial charge on any atom is 0.409 e. The van der Waals surface area contributed by atoms with Crippen molar-refractivity contribution < 1.29 is 19.1 Å². The van der Waals surface area contributed by atoms with Crippen LogP contribution >= 0.6 is 0 Å². The molecule has 0 atom stereocenters. The number of methoxy groups -OCH3 is 1. The van der Waals surface area contributed by atoms with E-state index in [-0.39, 0.29) is 18.6 Å². The Hall–Kier alpha value is -2.44. The van der Waals surface area contributed by atoms with Crippen molar-refractivity contribution in [3.63, 3.8) is 0 Å². The number of nitrogen functional groups attached to an aromatic ring is 1. The highest BCUT2D eigenvalue weighted by Crippen LogP contribution is 2.14. The number of nitrogens with two attached hydrogens (primary N) is 1. The Labute approximate surface area is 123 Å². The van der Waals surface area contributed by atoms with Gasteiger partial charge in [-0.3, -0.25) is 4.79 Å². The molecule has 2 N–H and O–H groups in total. The van der Waals surface area contributed by atoms with E-state index >= 15 is 0 Å². The molecule has 1 fully saturated rings. The van der Waals surface area contributed by atoms with Gasteiger partial charge in [0.25, 0.3) is 5.91 Å². The lowest BCUT2D eigenvalue weighted by molar-refractivity contribution is -0.134. The summed E-state index contributed by atoms with van der Waals surface area (Å²) in [5.74, 6) is 0.457. The summed E-state index contributed by atoms with van der Waals surface area (Å²) in [6, 6.07) is 6.94. The Morgan fingerprint density at radius 1 is 1.19 bits per heavy atom. The fourth-order valence-electron chi connectivity index (χ4n) is 2.11. The van der Waals surface area contributed by atoms with E-state index in [2.05, 4.69) is 4.74 Å². The van der Waals surface area contributed by atoms with Gasteiger partial charge >= 0.3 is 6.09 Å². The zero-order chi connectivity index (χ0) is 15.2. The Morgan fingerprint density at radius 3 is 2.48 bits per heavy atom. The summed E-state index contributed by atoms with van der Waals surface area (Å²) in [7, 11) is 1.35. The minimum absolute atomic E-state index is 0.0400. The van der Waals surface area contributed by atoms with E-state index in [1.165, 1.54) is 7.11 Å². The maximum atomic E-state index is 12.0. The summed E-state index contributed by atoms with van der Waals surface area (Å²) in [6.07, 6.45) is -0.363. The predicted molar refractivity (Wildman–Crippen MR) is 76.9 cm³/mol. The average Bonchev–Trinajstić information content (AvgIpc) is 2.52. The Kier molecular flexibility index (Phi) is 4.86. The first kappa shape index (κ1) is 15.0. The summed E-state index contributed by atoms with van der Waals surface area (Å²) in [4.78, 5) is 26.6. The molecule has 0 aliphatic carbocycles. The lowest BCUT2D eigenvalue weighted by atomic mass is 10.3. The van der Waals surface area contributed by atoms with Crippen LogP contribution in [0.1, 0.15) is 0 Å². The molecule has 7 nitrogen and oxygen atoms in total. The van der Waals surface area contributed by atoms with Gasteiger partial charge in [-0.1, -0.05) is 6.07 Å². The van der Waals surface area contributed by atoms with Gasteiger partial charge in [-0.15, -0.1) is 0 Å². The number of ether oxygens (including phenoxy) is 2. The lowest BCUT2D eigenvalue weighted by Gasteiger charge is -2.33. The fourth-order valence-corrected chi connectivity index (χ4v) is 2.11. The van der Waals surface area contributed by atoms with Gasteiger partial charge in [0, 0.05) is 37.9 Å². The Balaban J connectivity index is 1.78. The topological polar surface area (TPSA) is 85.1 Å². The predicted octanol–water partition coefficient (Wildman–Crippen LogP) is 0.558. The monoisotopic (exact) mass is 293 g/mol. The lowest BCUT2D eigenvalue weighted by Crippen LogP contribution is -2.51. The number of benzene rings is 1. The molecule has 0 radical (unpaired) electrons. The molecule has 1 heterocycles. The van der Waals surface area contributed by atoms with Crippen LogP contribution in [0.3, 0.4) is 0 Å². The van der Waals surface area contributed by atoms with Crippen molar-refractivity contribution >= 4 is 17.7 Å². The minimum atomic E-state index is -0.363. The van der Waals surface area contributed by atoms with Crippen LogP contribution in [0.25, 0.3) is 0 Å². The van der Waals surface area contributed by atoms with E-state index < -0.39 is 0 Å². The molecular formula is C14H19N3O4. The van der Waals surface area contributed by atoms with E-state index in [1.807, 2.05) is 0 Å². The summed E-state index contributed by atoms with van der Waals surface area (Å²) in [5.41, 5.74) is 6.23. The van der Waals surface area contributed by atoms with E-state index in [9.17, 15) is 9.59 Å². The van der Waals surface area contributed by atoms with Gasteiger partial charge in [-0.2, -0.15) is 0 Å². The number of rotatable bonds is 3. The molecule has 114 valence electrons. The zero-order valence-corrected chi connectivity index (χ0v) is 11.9. The molecule has 0 saturated carbocycles. The van der Waals surface area contributed by atoms with Crippen LogP contribution in [0.5, 0.6) is 5.75 Å². The van der Waals surface area contributed by atoms with Crippen molar-refractivity contribution in [1.29, 1.82) is 0 Å². The van der Waals surface area contributed by atoms with E-state index in [4.69, 9.17) is 10.5 Å². The van der Waals surface area contributed by atoms with Crippen LogP contribution in [-0.4, -0.2) is 61.7 Å². The van der Waals surface area contributed by atoms with E-state index in [1.54, 1.807) is 34.1 Å². The Morgan fingerprint density at radius 2 is 1.86 bits per heavy atom. The smallest absolute Gasteiger partial charge is 0.409 e. The summed E-state index contributed by atoms with van der Waals surface area (Å²) in [6.45, 7) is 1.86. The third-order valence-corrected chi connectivity index (χ3v) is 3.29. The molecule has 1 aromatic carbocycles. The number of amides is 2. The molecule has 2 rings (SSSR count). The zero-order valence-electron chi connectivity index (χ0n) is 11.9. The van der Waals surface area contributed by atoms with E-state index in [0.717, 1.165) is 0 Å². The molecule has 0 spiro atoms. The van der Waals surface area contributed by atoms with Crippen LogP contribution in [0.4, 0.5) is 10.5 Å². The number of carbonyl (C=O) groups is 2. The van der Waals surface area contributed by atoms with Crippen molar-refractivity contribution in [2.45, 2.75) is 0 Å². The normalized spacial score (nSPS) is 14.7. The highest BCUT2D eigenvalue weighted by molar-refractivity contribution is 5.78. The van der Waals surface area contributed by atoms with Gasteiger partial charge in [0.2, 0.25) is 0 Å². The molecule has 21 heavy (non-hydrogen) atoms. The molecule has 1 saturated heterocycles. The molecule has 1 aliphatic heterocycles. The van der Waals surface area contributed by atoms with Crippen molar-refractivity contribution in [2.24, 2.45) is 0 Å². The number of nitrogens with zero attached hydrogens (tertiary/aromatic N) is 2. The van der Waals surface area contributed by atoms with Crippen LogP contribution < -0.4 is 10.5 Å². The molecule has 0 bridgehead atoms. The van der Waals surface area contributed by atoms with Gasteiger partial charge in [0.05, 0.1) is 7.11 Å². The Bertz CT molecular complexity index is 513. The van der Waals surface area contributed by atoms with Crippen LogP contribution in [-0.2, 0) is 9.53 Å². The van der Waals surface area contributed by atoms with Crippen LogP contribution in [0.15, 0.2) is 24.3 Å². The SMILES string of the molecule is COC(=O)N1CCN(C(=O)COc2cccc(N)c2)CC1. The number of hydrogen-bond donors (Lipinski definition) is 1. The van der Waals surface area contributed by atoms with Crippen LogP contribution in [0.2, 0.25) is 0 Å². The number of carbonyl (C=O) groups excluding carboxylic acids is 2. The second-order valence-corrected chi connectivity index (χ2v) is 4.70. The molecule has 2 amide bonds. The standard InChI is InChI=1S/C14H19N3O4/c1-20-14(19)17-7-5-16(6-8-17)13(18)10-21-12-4-2-3-11(15)9-12/h2-4,9H,5-8,10,15H2,1H3. The van der Waals surface area contributed by atoms with E-state index in [0.29, 0.717) is 37.6 Å². The number of anilines is 1. The van der Waals surface area contributed by atoms with Crippen molar-refractivity contribution in [1.82, 2.24) is 9.80 Å². The van der Waals surface area contributed by atoms with Gasteiger partial charge in [-0.25, -0.2) is 4.79 Å². The first-order valence-electron chi connectivity index (χ1n) is 6.69. The number of piperazine rings is 1. The van der Waals surface area contributed by atoms with Crippen molar-refractivity contribution in [3.05, 3.63) is 24.3 Å². The first-order valence-corrected chi connectivity index (χ1v) is 6.69. The summed E-state index contributed by atoms with van der Waals surface area (Å²) in [5, 5.41) is 0. The molecule has 1 aromatic rings. The van der Waals surface area contributed by atoms with Crippen LogP contribution in [0, 0.1) is 0 Å². The minimum Gasteiger partial charge on any atom is -0.484 e. The maximum absolute atomic E-state index is 12.0. The van der Waals surface area contributed by atoms with Gasteiger partial charge in [0.15, 0.2) is 6.61 Å². The fraction of sp³-hybridized carbons (Fsp3) is 0.429. The summed E-state index contributed by atoms with van der Waals surface area (Å²) < 4.78 is 10.1. The highest BCUT2D eigenvalue weighted by atomic mass is 16.5. The van der Waals surface area contributed by atoms with Gasteiger partial charge < -0.3 is 25.0 Å². The highest BCUT2D eigenvalue weighted by Gasteiger charge is 2.24. The molecular weight excluding hydrogens is 274 g/mol. The van der Waals surface area contributed by atoms with Gasteiger partial charge in [-0.05, 0) is 12.1 Å². The summed E-state index contributed by atoms with van der Waals surface area (Å²) >= 11 is 0. The third kappa shape index (κ3) is 4.01. The molecule has 0 unspecified atom stereocenters. The second kappa shape index (κ2) is 6.83. The quantitative estimate of drug-likeness (QED) is 0.823. The van der Waals surface area contributed by atoms with Gasteiger partial charge in [0.1, 0.15) is 5.75 Å². The number of hydrogen-bond acceptors (Lipinski definition) is 5.